The summed E-state index contributed by atoms with van der Waals surface area (Å²) < 4.78 is 20.2. The summed E-state index contributed by atoms with van der Waals surface area (Å²) in [6, 6.07) is 8.20. The van der Waals surface area contributed by atoms with E-state index in [0.29, 0.717) is 11.4 Å². The number of carbonyl (C=O) groups excluding carboxylic acids is 1. The Balaban J connectivity index is 2.03. The summed E-state index contributed by atoms with van der Waals surface area (Å²) in [5.74, 6) is -1.06. The van der Waals surface area contributed by atoms with Crippen LogP contribution in [0.15, 0.2) is 52.4 Å². The number of esters is 1. The molecule has 2 aromatic rings. The van der Waals surface area contributed by atoms with Crippen LogP contribution in [-0.2, 0) is 9.53 Å². The van der Waals surface area contributed by atoms with Gasteiger partial charge in [0.2, 0.25) is 0 Å². The van der Waals surface area contributed by atoms with E-state index in [9.17, 15) is 14.3 Å². The number of carbonyl (C=O) groups is 1. The van der Waals surface area contributed by atoms with Crippen LogP contribution >= 0.6 is 0 Å². The van der Waals surface area contributed by atoms with Gasteiger partial charge in [0.25, 0.3) is 0 Å². The molecule has 0 bridgehead atoms. The molecule has 0 atom stereocenters. The second kappa shape index (κ2) is 7.23. The van der Waals surface area contributed by atoms with E-state index in [1.54, 1.807) is 32.1 Å². The van der Waals surface area contributed by atoms with Gasteiger partial charge in [-0.1, -0.05) is 0 Å². The highest BCUT2D eigenvalue weighted by molar-refractivity contribution is 6.22. The van der Waals surface area contributed by atoms with Crippen molar-refractivity contribution in [1.29, 1.82) is 0 Å². The van der Waals surface area contributed by atoms with Gasteiger partial charge in [0.15, 0.2) is 5.76 Å². The first kappa shape index (κ1) is 18.6. The average molecular weight is 368 g/mol. The Bertz CT molecular complexity index is 995. The highest BCUT2D eigenvalue weighted by atomic mass is 19.1. The molecule has 1 N–H and O–H groups in total. The van der Waals surface area contributed by atoms with Crippen molar-refractivity contribution in [1.82, 2.24) is 4.57 Å². The van der Waals surface area contributed by atoms with Crippen molar-refractivity contribution in [2.24, 2.45) is 4.99 Å². The highest BCUT2D eigenvalue weighted by Crippen LogP contribution is 2.29. The third-order valence-corrected chi connectivity index (χ3v) is 4.46. The average Bonchev–Trinajstić information content (AvgIpc) is 3.05. The second-order valence-corrected chi connectivity index (χ2v) is 6.31. The molecule has 0 aliphatic carbocycles. The maximum absolute atomic E-state index is 13.2. The zero-order valence-corrected chi connectivity index (χ0v) is 15.7. The van der Waals surface area contributed by atoms with E-state index in [-0.39, 0.29) is 23.8 Å². The van der Waals surface area contributed by atoms with Crippen molar-refractivity contribution < 1.29 is 19.0 Å². The van der Waals surface area contributed by atoms with Crippen LogP contribution in [0.5, 0.6) is 0 Å². The maximum atomic E-state index is 13.2. The molecule has 1 aliphatic heterocycles. The minimum atomic E-state index is -0.587. The summed E-state index contributed by atoms with van der Waals surface area (Å²) in [6.45, 7) is 7.46. The van der Waals surface area contributed by atoms with Crippen molar-refractivity contribution in [2.75, 3.05) is 6.61 Å². The number of aliphatic hydroxyl groups excluding tert-OH is 1. The van der Waals surface area contributed by atoms with E-state index < -0.39 is 5.97 Å². The number of aromatic nitrogens is 1. The van der Waals surface area contributed by atoms with Crippen molar-refractivity contribution in [2.45, 2.75) is 27.7 Å². The molecule has 0 saturated heterocycles. The second-order valence-electron chi connectivity index (χ2n) is 6.31. The van der Waals surface area contributed by atoms with Crippen molar-refractivity contribution in [3.8, 4) is 5.69 Å². The number of hydrogen-bond donors (Lipinski definition) is 1. The van der Waals surface area contributed by atoms with Gasteiger partial charge in [0, 0.05) is 17.1 Å². The van der Waals surface area contributed by atoms with Crippen LogP contribution in [0.4, 0.5) is 4.39 Å². The molecule has 1 aromatic carbocycles. The molecular formula is C21H21FN2O3. The zero-order chi connectivity index (χ0) is 19.7. The van der Waals surface area contributed by atoms with Gasteiger partial charge in [-0.25, -0.2) is 14.2 Å². The summed E-state index contributed by atoms with van der Waals surface area (Å²) in [5.41, 5.74) is 4.39. The van der Waals surface area contributed by atoms with Crippen molar-refractivity contribution in [3.05, 3.63) is 70.1 Å². The summed E-state index contributed by atoms with van der Waals surface area (Å²) >= 11 is 0. The Morgan fingerprint density at radius 3 is 2.56 bits per heavy atom. The van der Waals surface area contributed by atoms with Gasteiger partial charge in [-0.15, -0.1) is 0 Å². The number of aliphatic imine (C=N–C) groups is 1. The molecule has 0 unspecified atom stereocenters. The molecule has 0 spiro atoms. The Hall–Kier alpha value is -3.15. The predicted molar refractivity (Wildman–Crippen MR) is 103 cm³/mol. The topological polar surface area (TPSA) is 63.8 Å². The lowest BCUT2D eigenvalue weighted by Gasteiger charge is -2.09. The van der Waals surface area contributed by atoms with Crippen LogP contribution in [0.25, 0.3) is 11.8 Å². The SMILES string of the molecule is CCOC(=O)C1=C(O)C(=Cc2cc(C)n(-c3ccc(F)cc3)c2C)N=C1C. The van der Waals surface area contributed by atoms with E-state index >= 15 is 0 Å². The largest absolute Gasteiger partial charge is 0.505 e. The molecule has 0 amide bonds. The van der Waals surface area contributed by atoms with E-state index in [0.717, 1.165) is 22.6 Å². The minimum absolute atomic E-state index is 0.0930. The first-order valence-corrected chi connectivity index (χ1v) is 8.66. The number of hydrogen-bond acceptors (Lipinski definition) is 4. The van der Waals surface area contributed by atoms with Gasteiger partial charge in [0.1, 0.15) is 17.1 Å². The molecule has 0 fully saturated rings. The van der Waals surface area contributed by atoms with Gasteiger partial charge >= 0.3 is 5.97 Å². The lowest BCUT2D eigenvalue weighted by molar-refractivity contribution is -0.138. The minimum Gasteiger partial charge on any atom is -0.505 e. The predicted octanol–water partition coefficient (Wildman–Crippen LogP) is 4.42. The number of nitrogens with zero attached hydrogens (tertiary/aromatic N) is 2. The highest BCUT2D eigenvalue weighted by Gasteiger charge is 2.28. The number of rotatable bonds is 4. The van der Waals surface area contributed by atoms with Crippen LogP contribution < -0.4 is 0 Å². The van der Waals surface area contributed by atoms with Crippen LogP contribution in [0.3, 0.4) is 0 Å². The maximum Gasteiger partial charge on any atom is 0.343 e. The van der Waals surface area contributed by atoms with Crippen LogP contribution in [0.1, 0.15) is 30.8 Å². The molecule has 3 rings (SSSR count). The van der Waals surface area contributed by atoms with Gasteiger partial charge < -0.3 is 14.4 Å². The molecule has 0 radical (unpaired) electrons. The fraction of sp³-hybridized carbons (Fsp3) is 0.238. The first-order valence-electron chi connectivity index (χ1n) is 8.66. The molecule has 27 heavy (non-hydrogen) atoms. The number of ether oxygens (including phenoxy) is 1. The van der Waals surface area contributed by atoms with E-state index in [1.807, 2.05) is 24.5 Å². The van der Waals surface area contributed by atoms with Gasteiger partial charge in [-0.3, -0.25) is 0 Å². The lowest BCUT2D eigenvalue weighted by Crippen LogP contribution is -2.13. The van der Waals surface area contributed by atoms with Crippen LogP contribution in [0, 0.1) is 19.7 Å². The standard InChI is InChI=1S/C21H21FN2O3/c1-5-27-21(26)19-13(3)23-18(20(19)25)11-15-10-12(2)24(14(15)4)17-8-6-16(22)7-9-17/h6-11,25H,5H2,1-4H3. The van der Waals surface area contributed by atoms with E-state index in [4.69, 9.17) is 4.74 Å². The van der Waals surface area contributed by atoms with E-state index in [2.05, 4.69) is 4.99 Å². The Morgan fingerprint density at radius 2 is 1.93 bits per heavy atom. The molecule has 1 aromatic heterocycles. The smallest absolute Gasteiger partial charge is 0.343 e. The summed E-state index contributed by atoms with van der Waals surface area (Å²) in [6.07, 6.45) is 1.73. The zero-order valence-electron chi connectivity index (χ0n) is 15.7. The third kappa shape index (κ3) is 3.43. The van der Waals surface area contributed by atoms with Gasteiger partial charge in [-0.2, -0.15) is 0 Å². The number of halogens is 1. The molecule has 1 aliphatic rings. The molecule has 5 nitrogen and oxygen atoms in total. The van der Waals surface area contributed by atoms with Crippen LogP contribution in [0.2, 0.25) is 0 Å². The van der Waals surface area contributed by atoms with E-state index in [1.165, 1.54) is 12.1 Å². The normalized spacial score (nSPS) is 15.4. The third-order valence-electron chi connectivity index (χ3n) is 4.46. The Morgan fingerprint density at radius 1 is 1.26 bits per heavy atom. The summed E-state index contributed by atoms with van der Waals surface area (Å²) in [5, 5.41) is 10.4. The number of aliphatic hydroxyl groups is 1. The lowest BCUT2D eigenvalue weighted by atomic mass is 10.1. The molecule has 0 saturated carbocycles. The molecule has 6 heteroatoms. The Kier molecular flexibility index (Phi) is 4.99. The van der Waals surface area contributed by atoms with Gasteiger partial charge in [0.05, 0.1) is 12.3 Å². The fourth-order valence-electron chi connectivity index (χ4n) is 3.21. The molecule has 2 heterocycles. The summed E-state index contributed by atoms with van der Waals surface area (Å²) in [4.78, 5) is 16.3. The number of aryl methyl sites for hydroxylation is 1. The quantitative estimate of drug-likeness (QED) is 0.813. The van der Waals surface area contributed by atoms with Crippen molar-refractivity contribution in [3.63, 3.8) is 0 Å². The molecule has 140 valence electrons. The Labute approximate surface area is 157 Å². The summed E-state index contributed by atoms with van der Waals surface area (Å²) in [7, 11) is 0. The molecular weight excluding hydrogens is 347 g/mol. The fourth-order valence-corrected chi connectivity index (χ4v) is 3.21. The first-order chi connectivity index (χ1) is 12.8. The van der Waals surface area contributed by atoms with Crippen molar-refractivity contribution >= 4 is 17.8 Å². The van der Waals surface area contributed by atoms with Gasteiger partial charge in [-0.05, 0) is 69.7 Å². The monoisotopic (exact) mass is 368 g/mol. The van der Waals surface area contributed by atoms with Crippen LogP contribution in [-0.4, -0.2) is 28.0 Å². The number of benzene rings is 1.